The number of rotatable bonds is 5. The molecule has 0 unspecified atom stereocenters. The van der Waals surface area contributed by atoms with Crippen molar-refractivity contribution in [1.29, 1.82) is 0 Å². The third-order valence-corrected chi connectivity index (χ3v) is 3.78. The fraction of sp³-hybridized carbons (Fsp3) is 0.167. The molecule has 0 aliphatic heterocycles. The zero-order valence-electron chi connectivity index (χ0n) is 14.0. The highest BCUT2D eigenvalue weighted by molar-refractivity contribution is 5.89. The Kier molecular flexibility index (Phi) is 5.02. The van der Waals surface area contributed by atoms with Gasteiger partial charge in [-0.25, -0.2) is 14.8 Å². The molecule has 132 valence electrons. The van der Waals surface area contributed by atoms with Gasteiger partial charge in [0, 0.05) is 12.7 Å². The Morgan fingerprint density at radius 3 is 2.65 bits per heavy atom. The SMILES string of the molecule is COC(=O)c1ccc(CNC(=O)Cn2cnc3ncccc3c2=O)cc1. The summed E-state index contributed by atoms with van der Waals surface area (Å²) in [5.41, 5.74) is 1.28. The second-order valence-corrected chi connectivity index (χ2v) is 5.52. The van der Waals surface area contributed by atoms with E-state index in [4.69, 9.17) is 0 Å². The quantitative estimate of drug-likeness (QED) is 0.684. The summed E-state index contributed by atoms with van der Waals surface area (Å²) in [7, 11) is 1.32. The smallest absolute Gasteiger partial charge is 0.337 e. The first kappa shape index (κ1) is 17.3. The molecule has 0 aliphatic carbocycles. The van der Waals surface area contributed by atoms with Gasteiger partial charge in [0.1, 0.15) is 12.9 Å². The molecule has 0 atom stereocenters. The van der Waals surface area contributed by atoms with Crippen LogP contribution in [0.15, 0.2) is 53.7 Å². The Labute approximate surface area is 148 Å². The Balaban J connectivity index is 1.63. The van der Waals surface area contributed by atoms with Crippen molar-refractivity contribution < 1.29 is 14.3 Å². The second kappa shape index (κ2) is 7.56. The number of hydrogen-bond donors (Lipinski definition) is 1. The molecule has 3 aromatic rings. The van der Waals surface area contributed by atoms with Crippen LogP contribution >= 0.6 is 0 Å². The van der Waals surface area contributed by atoms with Crippen molar-refractivity contribution in [1.82, 2.24) is 19.9 Å². The van der Waals surface area contributed by atoms with Gasteiger partial charge in [0.25, 0.3) is 5.56 Å². The van der Waals surface area contributed by atoms with Crippen LogP contribution in [0.25, 0.3) is 11.0 Å². The average Bonchev–Trinajstić information content (AvgIpc) is 2.68. The van der Waals surface area contributed by atoms with Gasteiger partial charge >= 0.3 is 5.97 Å². The van der Waals surface area contributed by atoms with Gasteiger partial charge in [0.05, 0.1) is 18.1 Å². The molecule has 0 saturated carbocycles. The molecule has 1 aromatic carbocycles. The van der Waals surface area contributed by atoms with E-state index in [0.29, 0.717) is 16.6 Å². The minimum absolute atomic E-state index is 0.142. The summed E-state index contributed by atoms with van der Waals surface area (Å²) >= 11 is 0. The van der Waals surface area contributed by atoms with Gasteiger partial charge in [0.2, 0.25) is 5.91 Å². The van der Waals surface area contributed by atoms with Crippen LogP contribution < -0.4 is 10.9 Å². The van der Waals surface area contributed by atoms with Gasteiger partial charge in [0.15, 0.2) is 5.65 Å². The maximum Gasteiger partial charge on any atom is 0.337 e. The van der Waals surface area contributed by atoms with Crippen molar-refractivity contribution in [2.45, 2.75) is 13.1 Å². The molecule has 0 fully saturated rings. The minimum Gasteiger partial charge on any atom is -0.465 e. The zero-order chi connectivity index (χ0) is 18.5. The molecule has 3 rings (SSSR count). The van der Waals surface area contributed by atoms with E-state index in [9.17, 15) is 14.4 Å². The molecule has 0 spiro atoms. The summed E-state index contributed by atoms with van der Waals surface area (Å²) in [5, 5.41) is 3.09. The third-order valence-electron chi connectivity index (χ3n) is 3.78. The van der Waals surface area contributed by atoms with E-state index in [1.807, 2.05) is 0 Å². The maximum atomic E-state index is 12.3. The van der Waals surface area contributed by atoms with Crippen LogP contribution in [0.5, 0.6) is 0 Å². The zero-order valence-corrected chi connectivity index (χ0v) is 14.0. The molecule has 26 heavy (non-hydrogen) atoms. The van der Waals surface area contributed by atoms with E-state index in [1.165, 1.54) is 18.0 Å². The number of pyridine rings is 1. The number of amides is 1. The molecule has 0 aliphatic rings. The number of methoxy groups -OCH3 is 1. The summed E-state index contributed by atoms with van der Waals surface area (Å²) in [4.78, 5) is 43.9. The fourth-order valence-electron chi connectivity index (χ4n) is 2.40. The second-order valence-electron chi connectivity index (χ2n) is 5.52. The molecular formula is C18H16N4O4. The topological polar surface area (TPSA) is 103 Å². The van der Waals surface area contributed by atoms with Gasteiger partial charge in [-0.15, -0.1) is 0 Å². The molecule has 0 radical (unpaired) electrons. The number of ether oxygens (including phenoxy) is 1. The number of fused-ring (bicyclic) bond motifs is 1. The van der Waals surface area contributed by atoms with E-state index in [-0.39, 0.29) is 24.6 Å². The van der Waals surface area contributed by atoms with Crippen molar-refractivity contribution in [3.05, 3.63) is 70.4 Å². The summed E-state index contributed by atoms with van der Waals surface area (Å²) < 4.78 is 5.87. The number of nitrogens with one attached hydrogen (secondary N) is 1. The van der Waals surface area contributed by atoms with Gasteiger partial charge in [-0.1, -0.05) is 12.1 Å². The van der Waals surface area contributed by atoms with E-state index in [2.05, 4.69) is 20.0 Å². The molecule has 8 heteroatoms. The Morgan fingerprint density at radius 2 is 1.92 bits per heavy atom. The summed E-state index contributed by atoms with van der Waals surface area (Å²) in [6.45, 7) is 0.133. The first-order valence-electron chi connectivity index (χ1n) is 7.82. The average molecular weight is 352 g/mol. The lowest BCUT2D eigenvalue weighted by molar-refractivity contribution is -0.121. The summed E-state index contributed by atoms with van der Waals surface area (Å²) in [6.07, 6.45) is 2.86. The first-order valence-corrected chi connectivity index (χ1v) is 7.82. The highest BCUT2D eigenvalue weighted by Gasteiger charge is 2.09. The van der Waals surface area contributed by atoms with Crippen molar-refractivity contribution in [3.8, 4) is 0 Å². The lowest BCUT2D eigenvalue weighted by atomic mass is 10.1. The van der Waals surface area contributed by atoms with Crippen LogP contribution in [-0.2, 0) is 22.6 Å². The number of carbonyl (C=O) groups is 2. The van der Waals surface area contributed by atoms with Crippen LogP contribution in [0.3, 0.4) is 0 Å². The molecule has 1 N–H and O–H groups in total. The first-order chi connectivity index (χ1) is 12.6. The van der Waals surface area contributed by atoms with Crippen LogP contribution in [0.1, 0.15) is 15.9 Å². The van der Waals surface area contributed by atoms with E-state index in [0.717, 1.165) is 5.56 Å². The molecule has 8 nitrogen and oxygen atoms in total. The molecular weight excluding hydrogens is 336 g/mol. The molecule has 0 saturated heterocycles. The molecule has 2 aromatic heterocycles. The highest BCUT2D eigenvalue weighted by atomic mass is 16.5. The molecule has 1 amide bonds. The monoisotopic (exact) mass is 352 g/mol. The fourth-order valence-corrected chi connectivity index (χ4v) is 2.40. The molecule has 2 heterocycles. The number of aromatic nitrogens is 3. The summed E-state index contributed by atoms with van der Waals surface area (Å²) in [5.74, 6) is -0.743. The number of hydrogen-bond acceptors (Lipinski definition) is 6. The lowest BCUT2D eigenvalue weighted by Gasteiger charge is -2.08. The normalized spacial score (nSPS) is 10.5. The predicted octanol–water partition coefficient (Wildman–Crippen LogP) is 0.894. The Bertz CT molecular complexity index is 1010. The third kappa shape index (κ3) is 3.75. The Hall–Kier alpha value is -3.55. The Morgan fingerprint density at radius 1 is 1.15 bits per heavy atom. The standard InChI is InChI=1S/C18H16N4O4/c1-26-18(25)13-6-4-12(5-7-13)9-20-15(23)10-22-11-21-16-14(17(22)24)3-2-8-19-16/h2-8,11H,9-10H2,1H3,(H,20,23). The summed E-state index contributed by atoms with van der Waals surface area (Å²) in [6, 6.07) is 9.96. The van der Waals surface area contributed by atoms with Crippen LogP contribution in [0.2, 0.25) is 0 Å². The van der Waals surface area contributed by atoms with E-state index >= 15 is 0 Å². The number of nitrogens with zero attached hydrogens (tertiary/aromatic N) is 3. The minimum atomic E-state index is -0.418. The predicted molar refractivity (Wildman–Crippen MR) is 93.4 cm³/mol. The van der Waals surface area contributed by atoms with Gasteiger partial charge in [-0.2, -0.15) is 0 Å². The number of esters is 1. The lowest BCUT2D eigenvalue weighted by Crippen LogP contribution is -2.32. The highest BCUT2D eigenvalue weighted by Crippen LogP contribution is 2.06. The number of benzene rings is 1. The largest absolute Gasteiger partial charge is 0.465 e. The van der Waals surface area contributed by atoms with Crippen molar-refractivity contribution >= 4 is 22.9 Å². The van der Waals surface area contributed by atoms with Gasteiger partial charge in [-0.05, 0) is 29.8 Å². The number of carbonyl (C=O) groups excluding carboxylic acids is 2. The van der Waals surface area contributed by atoms with Crippen LogP contribution in [0, 0.1) is 0 Å². The van der Waals surface area contributed by atoms with Crippen LogP contribution in [-0.4, -0.2) is 33.5 Å². The molecule has 0 bridgehead atoms. The van der Waals surface area contributed by atoms with Crippen molar-refractivity contribution in [3.63, 3.8) is 0 Å². The van der Waals surface area contributed by atoms with Crippen molar-refractivity contribution in [2.24, 2.45) is 0 Å². The van der Waals surface area contributed by atoms with Crippen molar-refractivity contribution in [2.75, 3.05) is 7.11 Å². The van der Waals surface area contributed by atoms with Gasteiger partial charge in [-0.3, -0.25) is 14.2 Å². The van der Waals surface area contributed by atoms with E-state index in [1.54, 1.807) is 42.6 Å². The maximum absolute atomic E-state index is 12.3. The van der Waals surface area contributed by atoms with Crippen LogP contribution in [0.4, 0.5) is 0 Å². The van der Waals surface area contributed by atoms with Gasteiger partial charge < -0.3 is 10.1 Å². The van der Waals surface area contributed by atoms with E-state index < -0.39 is 5.97 Å².